The molecule has 96 valence electrons. The average Bonchev–Trinajstić information content (AvgIpc) is 2.90. The molecule has 1 saturated carbocycles. The third-order valence-electron chi connectivity index (χ3n) is 3.28. The topological polar surface area (TPSA) is 66.8 Å². The van der Waals surface area contributed by atoms with Gasteiger partial charge in [-0.1, -0.05) is 0 Å². The number of carboxylic acids is 1. The Morgan fingerprint density at radius 3 is 2.47 bits per heavy atom. The second-order valence-corrected chi connectivity index (χ2v) is 5.88. The quantitative estimate of drug-likeness (QED) is 0.761. The fourth-order valence-corrected chi connectivity index (χ4v) is 2.44. The van der Waals surface area contributed by atoms with Crippen molar-refractivity contribution in [3.05, 3.63) is 0 Å². The molecule has 0 bridgehead atoms. The van der Waals surface area contributed by atoms with Gasteiger partial charge in [0.15, 0.2) is 0 Å². The lowest BCUT2D eigenvalue weighted by Crippen LogP contribution is -2.50. The lowest BCUT2D eigenvalue weighted by atomic mass is 10.0. The molecule has 0 aromatic carbocycles. The minimum absolute atomic E-state index is 0.0831. The van der Waals surface area contributed by atoms with E-state index in [-0.39, 0.29) is 6.04 Å². The van der Waals surface area contributed by atoms with Crippen LogP contribution in [0.5, 0.6) is 0 Å². The SMILES string of the molecule is CC(C)(C)OC(=O)N1C2CC2CC[C@H]1C(=O)O. The van der Waals surface area contributed by atoms with Gasteiger partial charge >= 0.3 is 12.1 Å². The van der Waals surface area contributed by atoms with Crippen molar-refractivity contribution in [1.29, 1.82) is 0 Å². The van der Waals surface area contributed by atoms with E-state index in [0.29, 0.717) is 12.3 Å². The summed E-state index contributed by atoms with van der Waals surface area (Å²) in [5.41, 5.74) is -0.581. The predicted molar refractivity (Wildman–Crippen MR) is 60.6 cm³/mol. The summed E-state index contributed by atoms with van der Waals surface area (Å²) in [4.78, 5) is 24.6. The molecule has 1 saturated heterocycles. The summed E-state index contributed by atoms with van der Waals surface area (Å²) in [6.45, 7) is 5.36. The van der Waals surface area contributed by atoms with E-state index in [4.69, 9.17) is 9.84 Å². The summed E-state index contributed by atoms with van der Waals surface area (Å²) in [5.74, 6) is -0.445. The van der Waals surface area contributed by atoms with Gasteiger partial charge in [0.25, 0.3) is 0 Å². The zero-order valence-electron chi connectivity index (χ0n) is 10.5. The smallest absolute Gasteiger partial charge is 0.411 e. The summed E-state index contributed by atoms with van der Waals surface area (Å²) >= 11 is 0. The molecule has 2 unspecified atom stereocenters. The minimum atomic E-state index is -0.929. The molecular weight excluding hydrogens is 222 g/mol. The van der Waals surface area contributed by atoms with E-state index in [1.807, 2.05) is 0 Å². The molecule has 2 fully saturated rings. The van der Waals surface area contributed by atoms with Crippen molar-refractivity contribution in [3.8, 4) is 0 Å². The number of likely N-dealkylation sites (tertiary alicyclic amines) is 1. The Kier molecular flexibility index (Phi) is 2.79. The predicted octanol–water partition coefficient (Wildman–Crippen LogP) is 1.86. The highest BCUT2D eigenvalue weighted by molar-refractivity contribution is 5.81. The van der Waals surface area contributed by atoms with Gasteiger partial charge < -0.3 is 9.84 Å². The highest BCUT2D eigenvalue weighted by atomic mass is 16.6. The lowest BCUT2D eigenvalue weighted by Gasteiger charge is -2.34. The molecule has 0 aromatic rings. The number of amides is 1. The van der Waals surface area contributed by atoms with Crippen LogP contribution in [0.15, 0.2) is 0 Å². The van der Waals surface area contributed by atoms with Gasteiger partial charge in [0.05, 0.1) is 0 Å². The van der Waals surface area contributed by atoms with Gasteiger partial charge in [-0.25, -0.2) is 9.59 Å². The molecule has 2 rings (SSSR count). The monoisotopic (exact) mass is 241 g/mol. The van der Waals surface area contributed by atoms with Crippen molar-refractivity contribution in [3.63, 3.8) is 0 Å². The second kappa shape index (κ2) is 3.89. The summed E-state index contributed by atoms with van der Waals surface area (Å²) < 4.78 is 5.28. The van der Waals surface area contributed by atoms with Gasteiger partial charge in [-0.3, -0.25) is 4.90 Å². The van der Waals surface area contributed by atoms with Crippen molar-refractivity contribution >= 4 is 12.1 Å². The number of rotatable bonds is 1. The van der Waals surface area contributed by atoms with Crippen LogP contribution in [0.1, 0.15) is 40.0 Å². The highest BCUT2D eigenvalue weighted by Gasteiger charge is 2.53. The van der Waals surface area contributed by atoms with Crippen molar-refractivity contribution in [2.24, 2.45) is 5.92 Å². The first kappa shape index (κ1) is 12.2. The van der Waals surface area contributed by atoms with Crippen LogP contribution >= 0.6 is 0 Å². The zero-order chi connectivity index (χ0) is 12.8. The molecule has 1 aliphatic heterocycles. The zero-order valence-corrected chi connectivity index (χ0v) is 10.5. The van der Waals surface area contributed by atoms with E-state index < -0.39 is 23.7 Å². The van der Waals surface area contributed by atoms with Crippen molar-refractivity contribution in [2.75, 3.05) is 0 Å². The van der Waals surface area contributed by atoms with E-state index in [9.17, 15) is 9.59 Å². The summed E-state index contributed by atoms with van der Waals surface area (Å²) in [7, 11) is 0. The number of carboxylic acid groups (broad SMARTS) is 1. The first-order valence-corrected chi connectivity index (χ1v) is 6.04. The van der Waals surface area contributed by atoms with Crippen molar-refractivity contribution in [1.82, 2.24) is 4.90 Å². The highest BCUT2D eigenvalue weighted by Crippen LogP contribution is 2.45. The summed E-state index contributed by atoms with van der Waals surface area (Å²) in [5, 5.41) is 9.14. The molecule has 2 aliphatic rings. The maximum Gasteiger partial charge on any atom is 0.411 e. The lowest BCUT2D eigenvalue weighted by molar-refractivity contribution is -0.144. The molecule has 5 nitrogen and oxygen atoms in total. The van der Waals surface area contributed by atoms with Gasteiger partial charge in [0, 0.05) is 6.04 Å². The number of carbonyl (C=O) groups excluding carboxylic acids is 1. The number of carbonyl (C=O) groups is 2. The molecule has 17 heavy (non-hydrogen) atoms. The van der Waals surface area contributed by atoms with Crippen LogP contribution in [0.3, 0.4) is 0 Å². The van der Waals surface area contributed by atoms with Crippen LogP contribution in [-0.2, 0) is 9.53 Å². The molecule has 1 aliphatic carbocycles. The molecule has 0 radical (unpaired) electrons. The molecule has 5 heteroatoms. The molecule has 1 amide bonds. The first-order chi connectivity index (χ1) is 7.79. The Labute approximate surface area is 101 Å². The van der Waals surface area contributed by atoms with E-state index >= 15 is 0 Å². The number of hydrogen-bond donors (Lipinski definition) is 1. The normalized spacial score (nSPS) is 31.7. The number of nitrogens with zero attached hydrogens (tertiary/aromatic N) is 1. The van der Waals surface area contributed by atoms with Crippen LogP contribution in [0.25, 0.3) is 0 Å². The molecule has 3 atom stereocenters. The summed E-state index contributed by atoms with van der Waals surface area (Å²) in [6.07, 6.45) is 1.87. The molecule has 1 heterocycles. The Balaban J connectivity index is 2.10. The first-order valence-electron chi connectivity index (χ1n) is 6.04. The minimum Gasteiger partial charge on any atom is -0.480 e. The number of piperidine rings is 1. The second-order valence-electron chi connectivity index (χ2n) is 5.88. The van der Waals surface area contributed by atoms with Crippen LogP contribution in [0.4, 0.5) is 4.79 Å². The van der Waals surface area contributed by atoms with Crippen LogP contribution in [0.2, 0.25) is 0 Å². The molecule has 1 N–H and O–H groups in total. The van der Waals surface area contributed by atoms with Gasteiger partial charge in [-0.05, 0) is 46.0 Å². The van der Waals surface area contributed by atoms with Gasteiger partial charge in [0.2, 0.25) is 0 Å². The standard InChI is InChI=1S/C12H19NO4/c1-12(2,3)17-11(16)13-8(10(14)15)5-4-7-6-9(7)13/h7-9H,4-6H2,1-3H3,(H,14,15)/t7?,8-,9?/m0/s1. The van der Waals surface area contributed by atoms with Crippen molar-refractivity contribution < 1.29 is 19.4 Å². The average molecular weight is 241 g/mol. The van der Waals surface area contributed by atoms with Crippen LogP contribution in [0, 0.1) is 5.92 Å². The maximum atomic E-state index is 12.0. The Morgan fingerprint density at radius 1 is 1.29 bits per heavy atom. The van der Waals surface area contributed by atoms with E-state index in [0.717, 1.165) is 12.8 Å². The third kappa shape index (κ3) is 2.53. The Bertz CT molecular complexity index is 347. The van der Waals surface area contributed by atoms with Gasteiger partial charge in [0.1, 0.15) is 11.6 Å². The van der Waals surface area contributed by atoms with Crippen LogP contribution < -0.4 is 0 Å². The summed E-state index contributed by atoms with van der Waals surface area (Å²) in [6, 6.07) is -0.631. The number of hydrogen-bond acceptors (Lipinski definition) is 3. The van der Waals surface area contributed by atoms with Gasteiger partial charge in [-0.2, -0.15) is 0 Å². The van der Waals surface area contributed by atoms with E-state index in [1.54, 1.807) is 20.8 Å². The maximum absolute atomic E-state index is 12.0. The molecule has 0 spiro atoms. The Hall–Kier alpha value is -1.26. The van der Waals surface area contributed by atoms with E-state index in [1.165, 1.54) is 4.90 Å². The number of ether oxygens (including phenoxy) is 1. The van der Waals surface area contributed by atoms with Gasteiger partial charge in [-0.15, -0.1) is 0 Å². The van der Waals surface area contributed by atoms with E-state index in [2.05, 4.69) is 0 Å². The van der Waals surface area contributed by atoms with Crippen molar-refractivity contribution in [2.45, 2.75) is 57.7 Å². The largest absolute Gasteiger partial charge is 0.480 e. The van der Waals surface area contributed by atoms with Crippen LogP contribution in [-0.4, -0.2) is 39.8 Å². The molecular formula is C12H19NO4. The fraction of sp³-hybridized carbons (Fsp3) is 0.833. The fourth-order valence-electron chi connectivity index (χ4n) is 2.44. The number of aliphatic carboxylic acids is 1. The third-order valence-corrected chi connectivity index (χ3v) is 3.28. The molecule has 0 aromatic heterocycles. The Morgan fingerprint density at radius 2 is 1.94 bits per heavy atom. The number of fused-ring (bicyclic) bond motifs is 1.